The van der Waals surface area contributed by atoms with E-state index in [1.165, 1.54) is 38.5 Å². The van der Waals surface area contributed by atoms with Gasteiger partial charge in [0.15, 0.2) is 0 Å². The highest BCUT2D eigenvalue weighted by atomic mass is 16.5. The molecule has 2 heteroatoms. The predicted molar refractivity (Wildman–Crippen MR) is 74.2 cm³/mol. The lowest BCUT2D eigenvalue weighted by Crippen LogP contribution is -2.24. The SMILES string of the molecule is NCC1CCC(COCC2CC3C=CC2C3)CC1. The van der Waals surface area contributed by atoms with Crippen LogP contribution in [0.5, 0.6) is 0 Å². The van der Waals surface area contributed by atoms with E-state index in [0.717, 1.165) is 49.3 Å². The van der Waals surface area contributed by atoms with Crippen LogP contribution in [-0.4, -0.2) is 19.8 Å². The van der Waals surface area contributed by atoms with Crippen LogP contribution in [0.2, 0.25) is 0 Å². The van der Waals surface area contributed by atoms with Crippen LogP contribution in [0.3, 0.4) is 0 Å². The van der Waals surface area contributed by atoms with Crippen molar-refractivity contribution in [3.63, 3.8) is 0 Å². The van der Waals surface area contributed by atoms with Gasteiger partial charge in [-0.25, -0.2) is 0 Å². The molecule has 2 fully saturated rings. The number of ether oxygens (including phenoxy) is 1. The molecular formula is C16H27NO. The minimum atomic E-state index is 0.789. The van der Waals surface area contributed by atoms with Gasteiger partial charge in [0.2, 0.25) is 0 Å². The van der Waals surface area contributed by atoms with Gasteiger partial charge < -0.3 is 10.5 Å². The molecule has 0 heterocycles. The van der Waals surface area contributed by atoms with Gasteiger partial charge in [-0.2, -0.15) is 0 Å². The van der Waals surface area contributed by atoms with Crippen molar-refractivity contribution in [2.75, 3.05) is 19.8 Å². The smallest absolute Gasteiger partial charge is 0.0500 e. The van der Waals surface area contributed by atoms with Crippen molar-refractivity contribution in [2.45, 2.75) is 38.5 Å². The molecule has 2 nitrogen and oxygen atoms in total. The summed E-state index contributed by atoms with van der Waals surface area (Å²) in [5, 5.41) is 0. The Hall–Kier alpha value is -0.340. The third-order valence-electron chi connectivity index (χ3n) is 5.40. The molecule has 3 atom stereocenters. The lowest BCUT2D eigenvalue weighted by atomic mass is 9.82. The topological polar surface area (TPSA) is 35.2 Å². The summed E-state index contributed by atoms with van der Waals surface area (Å²) in [7, 11) is 0. The summed E-state index contributed by atoms with van der Waals surface area (Å²) < 4.78 is 6.01. The van der Waals surface area contributed by atoms with Crippen LogP contribution in [0.4, 0.5) is 0 Å². The monoisotopic (exact) mass is 249 g/mol. The zero-order chi connectivity index (χ0) is 12.4. The van der Waals surface area contributed by atoms with Crippen LogP contribution in [0.1, 0.15) is 38.5 Å². The van der Waals surface area contributed by atoms with Gasteiger partial charge >= 0.3 is 0 Å². The fraction of sp³-hybridized carbons (Fsp3) is 0.875. The Morgan fingerprint density at radius 1 is 0.944 bits per heavy atom. The van der Waals surface area contributed by atoms with E-state index in [0.29, 0.717) is 0 Å². The molecule has 3 aliphatic rings. The standard InChI is InChI=1S/C16H27NO/c17-9-12-1-3-13(4-2-12)10-18-11-16-8-14-5-6-15(16)7-14/h5-6,12-16H,1-4,7-11,17H2. The molecule has 3 rings (SSSR count). The molecule has 2 N–H and O–H groups in total. The van der Waals surface area contributed by atoms with Crippen LogP contribution in [-0.2, 0) is 4.74 Å². The molecule has 0 amide bonds. The normalized spacial score (nSPS) is 42.6. The van der Waals surface area contributed by atoms with Gasteiger partial charge in [-0.3, -0.25) is 0 Å². The van der Waals surface area contributed by atoms with Crippen molar-refractivity contribution in [1.82, 2.24) is 0 Å². The largest absolute Gasteiger partial charge is 0.381 e. The lowest BCUT2D eigenvalue weighted by Gasteiger charge is -2.28. The first-order chi connectivity index (χ1) is 8.85. The van der Waals surface area contributed by atoms with E-state index in [4.69, 9.17) is 10.5 Å². The van der Waals surface area contributed by atoms with Gasteiger partial charge in [-0.1, -0.05) is 12.2 Å². The number of hydrogen-bond donors (Lipinski definition) is 1. The molecule has 0 radical (unpaired) electrons. The molecule has 0 aromatic heterocycles. The Morgan fingerprint density at radius 3 is 2.33 bits per heavy atom. The molecule has 0 saturated heterocycles. The zero-order valence-electron chi connectivity index (χ0n) is 11.4. The molecule has 2 bridgehead atoms. The number of nitrogens with two attached hydrogens (primary N) is 1. The molecule has 0 spiro atoms. The van der Waals surface area contributed by atoms with Crippen LogP contribution in [0.15, 0.2) is 12.2 Å². The lowest BCUT2D eigenvalue weighted by molar-refractivity contribution is 0.0496. The molecule has 0 aromatic carbocycles. The summed E-state index contributed by atoms with van der Waals surface area (Å²) in [6.07, 6.45) is 12.9. The Morgan fingerprint density at radius 2 is 1.72 bits per heavy atom. The van der Waals surface area contributed by atoms with E-state index in [-0.39, 0.29) is 0 Å². The van der Waals surface area contributed by atoms with Crippen molar-refractivity contribution >= 4 is 0 Å². The maximum atomic E-state index is 6.01. The average molecular weight is 249 g/mol. The molecule has 102 valence electrons. The van der Waals surface area contributed by atoms with Crippen LogP contribution in [0, 0.1) is 29.6 Å². The summed E-state index contributed by atoms with van der Waals surface area (Å²) >= 11 is 0. The molecular weight excluding hydrogens is 222 g/mol. The van der Waals surface area contributed by atoms with E-state index < -0.39 is 0 Å². The highest BCUT2D eigenvalue weighted by Crippen LogP contribution is 2.43. The number of rotatable bonds is 5. The molecule has 3 aliphatic carbocycles. The maximum absolute atomic E-state index is 6.01. The fourth-order valence-electron chi connectivity index (χ4n) is 4.11. The van der Waals surface area contributed by atoms with Crippen molar-refractivity contribution in [3.8, 4) is 0 Å². The third kappa shape index (κ3) is 2.80. The number of allylic oxidation sites excluding steroid dienone is 2. The summed E-state index contributed by atoms with van der Waals surface area (Å²) in [4.78, 5) is 0. The van der Waals surface area contributed by atoms with Gasteiger partial charge in [-0.15, -0.1) is 0 Å². The van der Waals surface area contributed by atoms with Crippen molar-refractivity contribution in [1.29, 1.82) is 0 Å². The average Bonchev–Trinajstić information content (AvgIpc) is 3.02. The van der Waals surface area contributed by atoms with E-state index >= 15 is 0 Å². The second kappa shape index (κ2) is 5.75. The second-order valence-corrected chi connectivity index (χ2v) is 6.70. The minimum Gasteiger partial charge on any atom is -0.381 e. The Bertz CT molecular complexity index is 293. The zero-order valence-corrected chi connectivity index (χ0v) is 11.4. The van der Waals surface area contributed by atoms with Gasteiger partial charge in [0.1, 0.15) is 0 Å². The van der Waals surface area contributed by atoms with Crippen LogP contribution < -0.4 is 5.73 Å². The first-order valence-corrected chi connectivity index (χ1v) is 7.81. The van der Waals surface area contributed by atoms with Crippen LogP contribution >= 0.6 is 0 Å². The highest BCUT2D eigenvalue weighted by Gasteiger charge is 2.35. The fourth-order valence-corrected chi connectivity index (χ4v) is 4.11. The van der Waals surface area contributed by atoms with Gasteiger partial charge in [0.05, 0.1) is 0 Å². The quantitative estimate of drug-likeness (QED) is 0.760. The molecule has 3 unspecified atom stereocenters. The number of hydrogen-bond acceptors (Lipinski definition) is 2. The van der Waals surface area contributed by atoms with E-state index in [9.17, 15) is 0 Å². The van der Waals surface area contributed by atoms with Crippen LogP contribution in [0.25, 0.3) is 0 Å². The molecule has 18 heavy (non-hydrogen) atoms. The highest BCUT2D eigenvalue weighted by molar-refractivity contribution is 5.09. The summed E-state index contributed by atoms with van der Waals surface area (Å²) in [5.41, 5.74) is 5.73. The minimum absolute atomic E-state index is 0.789. The van der Waals surface area contributed by atoms with E-state index in [2.05, 4.69) is 12.2 Å². The van der Waals surface area contributed by atoms with Gasteiger partial charge in [0, 0.05) is 13.2 Å². The predicted octanol–water partition coefficient (Wildman–Crippen LogP) is 2.98. The third-order valence-corrected chi connectivity index (χ3v) is 5.40. The maximum Gasteiger partial charge on any atom is 0.0500 e. The number of fused-ring (bicyclic) bond motifs is 2. The summed E-state index contributed by atoms with van der Waals surface area (Å²) in [5.74, 6) is 4.13. The summed E-state index contributed by atoms with van der Waals surface area (Å²) in [6.45, 7) is 2.88. The van der Waals surface area contributed by atoms with Gasteiger partial charge in [-0.05, 0) is 74.7 Å². The molecule has 2 saturated carbocycles. The second-order valence-electron chi connectivity index (χ2n) is 6.70. The Kier molecular flexibility index (Phi) is 4.05. The van der Waals surface area contributed by atoms with E-state index in [1.807, 2.05) is 0 Å². The summed E-state index contributed by atoms with van der Waals surface area (Å²) in [6, 6.07) is 0. The van der Waals surface area contributed by atoms with Crippen molar-refractivity contribution in [3.05, 3.63) is 12.2 Å². The van der Waals surface area contributed by atoms with Crippen molar-refractivity contribution < 1.29 is 4.74 Å². The first-order valence-electron chi connectivity index (χ1n) is 7.81. The molecule has 0 aromatic rings. The first kappa shape index (κ1) is 12.7. The van der Waals surface area contributed by atoms with Crippen molar-refractivity contribution in [2.24, 2.45) is 35.3 Å². The molecule has 0 aliphatic heterocycles. The van der Waals surface area contributed by atoms with E-state index in [1.54, 1.807) is 0 Å². The van der Waals surface area contributed by atoms with Gasteiger partial charge in [0.25, 0.3) is 0 Å². The Balaban J connectivity index is 1.32. The Labute approximate surface area is 111 Å².